The van der Waals surface area contributed by atoms with Crippen molar-refractivity contribution in [3.63, 3.8) is 0 Å². The lowest BCUT2D eigenvalue weighted by Crippen LogP contribution is -2.31. The quantitative estimate of drug-likeness (QED) is 0.594. The Hall–Kier alpha value is -2.77. The van der Waals surface area contributed by atoms with Gasteiger partial charge in [0.15, 0.2) is 5.11 Å². The standard InChI is InChI=1S/C23H27N5OS/c1-15-8-9-20(25-14-15)28-16(2)13-18(17(28)3)22-21(19-7-4-5-10-24-19)26-23(30)27(22)11-6-12-29/h4-5,7-10,13-14,21-22,29H,6,11-12H2,1-3H3,(H,26,30). The van der Waals surface area contributed by atoms with E-state index < -0.39 is 0 Å². The van der Waals surface area contributed by atoms with Gasteiger partial charge < -0.3 is 19.9 Å². The molecule has 1 aliphatic heterocycles. The third-order valence-electron chi connectivity index (χ3n) is 5.67. The van der Waals surface area contributed by atoms with Gasteiger partial charge in [0.25, 0.3) is 0 Å². The van der Waals surface area contributed by atoms with E-state index in [1.54, 1.807) is 0 Å². The Balaban J connectivity index is 1.81. The Labute approximate surface area is 182 Å². The highest BCUT2D eigenvalue weighted by Crippen LogP contribution is 2.41. The van der Waals surface area contributed by atoms with Gasteiger partial charge in [0.1, 0.15) is 5.82 Å². The van der Waals surface area contributed by atoms with Crippen LogP contribution in [-0.4, -0.2) is 42.8 Å². The van der Waals surface area contributed by atoms with Gasteiger partial charge in [-0.1, -0.05) is 12.1 Å². The van der Waals surface area contributed by atoms with Gasteiger partial charge >= 0.3 is 0 Å². The molecule has 4 heterocycles. The van der Waals surface area contributed by atoms with E-state index in [1.165, 1.54) is 5.56 Å². The summed E-state index contributed by atoms with van der Waals surface area (Å²) in [6.45, 7) is 7.09. The van der Waals surface area contributed by atoms with E-state index in [4.69, 9.17) is 12.2 Å². The van der Waals surface area contributed by atoms with E-state index in [0.29, 0.717) is 18.1 Å². The van der Waals surface area contributed by atoms with Gasteiger partial charge in [0, 0.05) is 36.9 Å². The van der Waals surface area contributed by atoms with Crippen molar-refractivity contribution in [2.75, 3.05) is 13.2 Å². The molecule has 0 amide bonds. The first-order valence-corrected chi connectivity index (χ1v) is 10.6. The van der Waals surface area contributed by atoms with Crippen molar-refractivity contribution in [1.29, 1.82) is 0 Å². The molecule has 0 radical (unpaired) electrons. The Bertz CT molecular complexity index is 1030. The van der Waals surface area contributed by atoms with Gasteiger partial charge in [-0.2, -0.15) is 0 Å². The SMILES string of the molecule is Cc1ccc(-n2c(C)cc(C3C(c4ccccn4)NC(=S)N3CCCO)c2C)nc1. The number of aliphatic hydroxyl groups is 1. The number of nitrogens with one attached hydrogen (secondary N) is 1. The molecule has 7 heteroatoms. The zero-order chi connectivity index (χ0) is 21.3. The fraction of sp³-hybridized carbons (Fsp3) is 0.348. The van der Waals surface area contributed by atoms with Crippen molar-refractivity contribution >= 4 is 17.3 Å². The van der Waals surface area contributed by atoms with E-state index in [0.717, 1.165) is 28.5 Å². The van der Waals surface area contributed by atoms with Crippen LogP contribution in [0.5, 0.6) is 0 Å². The van der Waals surface area contributed by atoms with Gasteiger partial charge in [-0.25, -0.2) is 4.98 Å². The van der Waals surface area contributed by atoms with Crippen LogP contribution in [0, 0.1) is 20.8 Å². The summed E-state index contributed by atoms with van der Waals surface area (Å²) >= 11 is 5.68. The number of hydrogen-bond donors (Lipinski definition) is 2. The molecule has 0 spiro atoms. The molecule has 2 atom stereocenters. The maximum Gasteiger partial charge on any atom is 0.170 e. The lowest BCUT2D eigenvalue weighted by Gasteiger charge is -2.28. The highest BCUT2D eigenvalue weighted by molar-refractivity contribution is 7.80. The van der Waals surface area contributed by atoms with Crippen LogP contribution >= 0.6 is 12.2 Å². The largest absolute Gasteiger partial charge is 0.396 e. The summed E-state index contributed by atoms with van der Waals surface area (Å²) in [4.78, 5) is 11.4. The zero-order valence-electron chi connectivity index (χ0n) is 17.5. The van der Waals surface area contributed by atoms with Crippen LogP contribution in [0.4, 0.5) is 0 Å². The van der Waals surface area contributed by atoms with Gasteiger partial charge in [-0.15, -0.1) is 0 Å². The molecule has 1 saturated heterocycles. The second kappa shape index (κ2) is 8.53. The summed E-state index contributed by atoms with van der Waals surface area (Å²) in [6.07, 6.45) is 4.36. The van der Waals surface area contributed by atoms with Crippen LogP contribution in [0.3, 0.4) is 0 Å². The Kier molecular flexibility index (Phi) is 5.83. The molecule has 3 aromatic heterocycles. The molecule has 2 unspecified atom stereocenters. The number of aryl methyl sites for hydroxylation is 2. The highest BCUT2D eigenvalue weighted by atomic mass is 32.1. The number of aliphatic hydroxyl groups excluding tert-OH is 1. The Morgan fingerprint density at radius 3 is 2.63 bits per heavy atom. The van der Waals surface area contributed by atoms with Crippen molar-refractivity contribution in [2.24, 2.45) is 0 Å². The first-order valence-electron chi connectivity index (χ1n) is 10.2. The van der Waals surface area contributed by atoms with Gasteiger partial charge in [0.05, 0.1) is 17.8 Å². The summed E-state index contributed by atoms with van der Waals surface area (Å²) in [7, 11) is 0. The van der Waals surface area contributed by atoms with Crippen LogP contribution in [0.25, 0.3) is 5.82 Å². The maximum atomic E-state index is 9.41. The van der Waals surface area contributed by atoms with Crippen molar-refractivity contribution in [1.82, 2.24) is 24.8 Å². The van der Waals surface area contributed by atoms with Gasteiger partial charge in [-0.05, 0) is 74.8 Å². The van der Waals surface area contributed by atoms with Crippen molar-refractivity contribution in [2.45, 2.75) is 39.3 Å². The van der Waals surface area contributed by atoms with Gasteiger partial charge in [-0.3, -0.25) is 4.98 Å². The maximum absolute atomic E-state index is 9.41. The molecule has 1 fully saturated rings. The fourth-order valence-electron chi connectivity index (χ4n) is 4.26. The average Bonchev–Trinajstić information content (AvgIpc) is 3.23. The normalized spacial score (nSPS) is 18.7. The first kappa shape index (κ1) is 20.5. The van der Waals surface area contributed by atoms with Crippen molar-refractivity contribution in [3.8, 4) is 5.82 Å². The van der Waals surface area contributed by atoms with E-state index in [2.05, 4.69) is 56.8 Å². The minimum Gasteiger partial charge on any atom is -0.396 e. The van der Waals surface area contributed by atoms with E-state index in [1.807, 2.05) is 37.5 Å². The summed E-state index contributed by atoms with van der Waals surface area (Å²) in [5.41, 5.74) is 5.54. The predicted octanol–water partition coefficient (Wildman–Crippen LogP) is 3.55. The lowest BCUT2D eigenvalue weighted by atomic mass is 9.96. The minimum atomic E-state index is -0.0580. The van der Waals surface area contributed by atoms with Crippen molar-refractivity contribution < 1.29 is 5.11 Å². The molecule has 30 heavy (non-hydrogen) atoms. The molecule has 1 aliphatic rings. The van der Waals surface area contributed by atoms with Gasteiger partial charge in [0.2, 0.25) is 0 Å². The molecule has 0 aromatic carbocycles. The van der Waals surface area contributed by atoms with Crippen LogP contribution in [-0.2, 0) is 0 Å². The van der Waals surface area contributed by atoms with Crippen LogP contribution in [0.1, 0.15) is 46.7 Å². The fourth-order valence-corrected chi connectivity index (χ4v) is 4.59. The molecular formula is C23H27N5OS. The van der Waals surface area contributed by atoms with Crippen LogP contribution < -0.4 is 5.32 Å². The van der Waals surface area contributed by atoms with E-state index in [9.17, 15) is 5.11 Å². The van der Waals surface area contributed by atoms with Crippen molar-refractivity contribution in [3.05, 3.63) is 77.0 Å². The number of aromatic nitrogens is 3. The molecule has 0 bridgehead atoms. The number of hydrogen-bond acceptors (Lipinski definition) is 4. The molecule has 6 nitrogen and oxygen atoms in total. The zero-order valence-corrected chi connectivity index (χ0v) is 18.4. The first-order chi connectivity index (χ1) is 14.5. The third-order valence-corrected chi connectivity index (χ3v) is 6.02. The van der Waals surface area contributed by atoms with E-state index >= 15 is 0 Å². The highest BCUT2D eigenvalue weighted by Gasteiger charge is 2.41. The second-order valence-corrected chi connectivity index (χ2v) is 8.14. The monoisotopic (exact) mass is 421 g/mol. The number of nitrogens with zero attached hydrogens (tertiary/aromatic N) is 4. The summed E-state index contributed by atoms with van der Waals surface area (Å²) in [5, 5.41) is 13.6. The summed E-state index contributed by atoms with van der Waals surface area (Å²) in [6, 6.07) is 12.2. The smallest absolute Gasteiger partial charge is 0.170 e. The second-order valence-electron chi connectivity index (χ2n) is 7.75. The third kappa shape index (κ3) is 3.70. The molecule has 3 aromatic rings. The molecule has 4 rings (SSSR count). The number of rotatable bonds is 6. The molecule has 0 aliphatic carbocycles. The summed E-state index contributed by atoms with van der Waals surface area (Å²) < 4.78 is 2.19. The van der Waals surface area contributed by atoms with Crippen LogP contribution in [0.2, 0.25) is 0 Å². The minimum absolute atomic E-state index is 0.00986. The Morgan fingerprint density at radius 2 is 1.97 bits per heavy atom. The lowest BCUT2D eigenvalue weighted by molar-refractivity contribution is 0.247. The molecule has 0 saturated carbocycles. The average molecular weight is 422 g/mol. The predicted molar refractivity (Wildman–Crippen MR) is 122 cm³/mol. The molecule has 2 N–H and O–H groups in total. The Morgan fingerprint density at radius 1 is 1.13 bits per heavy atom. The molecular weight excluding hydrogens is 394 g/mol. The number of pyridine rings is 2. The number of thiocarbonyl (C=S) groups is 1. The van der Waals surface area contributed by atoms with Crippen LogP contribution in [0.15, 0.2) is 48.8 Å². The molecule has 156 valence electrons. The summed E-state index contributed by atoms with van der Waals surface area (Å²) in [5.74, 6) is 0.909. The van der Waals surface area contributed by atoms with E-state index in [-0.39, 0.29) is 18.7 Å². The topological polar surface area (TPSA) is 66.2 Å².